The maximum Gasteiger partial charge on any atom is 0.224 e. The van der Waals surface area contributed by atoms with Gasteiger partial charge in [0.15, 0.2) is 0 Å². The van der Waals surface area contributed by atoms with Gasteiger partial charge >= 0.3 is 0 Å². The minimum absolute atomic E-state index is 0.0456. The monoisotopic (exact) mass is 304 g/mol. The van der Waals surface area contributed by atoms with Crippen molar-refractivity contribution in [1.29, 1.82) is 0 Å². The molecule has 0 saturated carbocycles. The van der Waals surface area contributed by atoms with Crippen LogP contribution in [0, 0.1) is 5.82 Å². The van der Waals surface area contributed by atoms with Crippen molar-refractivity contribution in [1.82, 2.24) is 0 Å². The molecule has 1 aliphatic rings. The second kappa shape index (κ2) is 5.74. The first-order valence-corrected chi connectivity index (χ1v) is 7.10. The summed E-state index contributed by atoms with van der Waals surface area (Å²) in [5, 5.41) is 6.53. The van der Waals surface area contributed by atoms with E-state index < -0.39 is 0 Å². The highest BCUT2D eigenvalue weighted by molar-refractivity contribution is 6.30. The number of hydrogen-bond acceptors (Lipinski definition) is 2. The first kappa shape index (κ1) is 13.9. The molecule has 0 atom stereocenters. The molecule has 3 nitrogen and oxygen atoms in total. The highest BCUT2D eigenvalue weighted by atomic mass is 35.5. The largest absolute Gasteiger partial charge is 0.381 e. The highest BCUT2D eigenvalue weighted by Gasteiger charge is 2.14. The van der Waals surface area contributed by atoms with Crippen molar-refractivity contribution >= 4 is 28.9 Å². The predicted octanol–water partition coefficient (Wildman–Crippen LogP) is 3.98. The molecule has 0 aromatic heterocycles. The Bertz CT molecular complexity index is 703. The molecular weight excluding hydrogens is 291 g/mol. The summed E-state index contributed by atoms with van der Waals surface area (Å²) in [5.74, 6) is -0.235. The number of halogens is 2. The molecule has 0 saturated heterocycles. The first-order chi connectivity index (χ1) is 10.1. The van der Waals surface area contributed by atoms with Crippen LogP contribution in [-0.2, 0) is 17.8 Å². The van der Waals surface area contributed by atoms with Gasteiger partial charge in [-0.2, -0.15) is 0 Å². The molecule has 0 radical (unpaired) electrons. The third kappa shape index (κ3) is 3.16. The number of aryl methyl sites for hydroxylation is 1. The number of carbonyl (C=O) groups is 1. The van der Waals surface area contributed by atoms with E-state index in [1.54, 1.807) is 6.07 Å². The van der Waals surface area contributed by atoms with Crippen molar-refractivity contribution in [3.05, 3.63) is 58.4 Å². The van der Waals surface area contributed by atoms with Crippen LogP contribution in [0.5, 0.6) is 0 Å². The van der Waals surface area contributed by atoms with Gasteiger partial charge in [-0.25, -0.2) is 4.39 Å². The molecular formula is C16H14ClFN2O. The van der Waals surface area contributed by atoms with Crippen LogP contribution >= 0.6 is 11.6 Å². The molecule has 3 rings (SSSR count). The van der Waals surface area contributed by atoms with Crippen LogP contribution < -0.4 is 10.6 Å². The van der Waals surface area contributed by atoms with E-state index >= 15 is 0 Å². The summed E-state index contributed by atoms with van der Waals surface area (Å²) in [7, 11) is 0. The fourth-order valence-electron chi connectivity index (χ4n) is 2.37. The van der Waals surface area contributed by atoms with E-state index in [9.17, 15) is 9.18 Å². The molecule has 108 valence electrons. The van der Waals surface area contributed by atoms with E-state index in [1.807, 2.05) is 18.2 Å². The van der Waals surface area contributed by atoms with E-state index in [0.29, 0.717) is 23.6 Å². The fraction of sp³-hybridized carbons (Fsp3) is 0.188. The quantitative estimate of drug-likeness (QED) is 0.900. The molecule has 2 N–H and O–H groups in total. The molecule has 1 heterocycles. The molecule has 1 aliphatic heterocycles. The van der Waals surface area contributed by atoms with Gasteiger partial charge in [0, 0.05) is 34.9 Å². The summed E-state index contributed by atoms with van der Waals surface area (Å²) in [6.45, 7) is 0.359. The van der Waals surface area contributed by atoms with Gasteiger partial charge in [-0.15, -0.1) is 0 Å². The Balaban J connectivity index is 1.74. The molecule has 0 aliphatic carbocycles. The topological polar surface area (TPSA) is 41.1 Å². The van der Waals surface area contributed by atoms with Gasteiger partial charge in [-0.3, -0.25) is 4.79 Å². The zero-order valence-corrected chi connectivity index (χ0v) is 12.0. The van der Waals surface area contributed by atoms with Gasteiger partial charge in [0.25, 0.3) is 0 Å². The van der Waals surface area contributed by atoms with Crippen molar-refractivity contribution in [2.24, 2.45) is 0 Å². The zero-order chi connectivity index (χ0) is 14.8. The Hall–Kier alpha value is -2.07. The van der Waals surface area contributed by atoms with Gasteiger partial charge in [-0.05, 0) is 48.4 Å². The minimum atomic E-state index is -0.280. The van der Waals surface area contributed by atoms with Crippen molar-refractivity contribution in [3.63, 3.8) is 0 Å². The Kier molecular flexibility index (Phi) is 3.80. The van der Waals surface area contributed by atoms with E-state index in [2.05, 4.69) is 10.6 Å². The average molecular weight is 305 g/mol. The van der Waals surface area contributed by atoms with Crippen molar-refractivity contribution < 1.29 is 9.18 Å². The maximum atomic E-state index is 13.6. The summed E-state index contributed by atoms with van der Waals surface area (Å²) < 4.78 is 13.6. The van der Waals surface area contributed by atoms with E-state index in [-0.39, 0.29) is 11.7 Å². The number of carbonyl (C=O) groups excluding carboxylic acids is 1. The molecule has 21 heavy (non-hydrogen) atoms. The smallest absolute Gasteiger partial charge is 0.224 e. The molecule has 0 fully saturated rings. The third-order valence-corrected chi connectivity index (χ3v) is 3.73. The van der Waals surface area contributed by atoms with Crippen LogP contribution in [0.3, 0.4) is 0 Å². The number of benzene rings is 2. The van der Waals surface area contributed by atoms with Crippen LogP contribution in [0.1, 0.15) is 17.5 Å². The predicted molar refractivity (Wildman–Crippen MR) is 82.1 cm³/mol. The molecule has 5 heteroatoms. The Labute approximate surface area is 127 Å². The lowest BCUT2D eigenvalue weighted by atomic mass is 10.0. The number of anilines is 2. The SMILES string of the molecule is O=C1CCc2cc(NCc3cc(Cl)ccc3F)ccc2N1. The number of rotatable bonds is 3. The van der Waals surface area contributed by atoms with Gasteiger partial charge < -0.3 is 10.6 Å². The highest BCUT2D eigenvalue weighted by Crippen LogP contribution is 2.26. The lowest BCUT2D eigenvalue weighted by Gasteiger charge is -2.18. The maximum absolute atomic E-state index is 13.6. The standard InChI is InChI=1S/C16H14ClFN2O/c17-12-2-4-14(18)11(7-12)9-19-13-3-5-15-10(8-13)1-6-16(21)20-15/h2-5,7-8,19H,1,6,9H2,(H,20,21). The van der Waals surface area contributed by atoms with Crippen molar-refractivity contribution in [2.75, 3.05) is 10.6 Å². The van der Waals surface area contributed by atoms with E-state index in [4.69, 9.17) is 11.6 Å². The fourth-order valence-corrected chi connectivity index (χ4v) is 2.56. The molecule has 2 aromatic carbocycles. The summed E-state index contributed by atoms with van der Waals surface area (Å²) in [6.07, 6.45) is 1.22. The van der Waals surface area contributed by atoms with Gasteiger partial charge in [0.2, 0.25) is 5.91 Å². The lowest BCUT2D eigenvalue weighted by molar-refractivity contribution is -0.116. The van der Waals surface area contributed by atoms with Crippen LogP contribution in [0.2, 0.25) is 5.02 Å². The Morgan fingerprint density at radius 2 is 2.05 bits per heavy atom. The summed E-state index contributed by atoms with van der Waals surface area (Å²) in [4.78, 5) is 11.3. The number of amides is 1. The molecule has 1 amide bonds. The molecule has 0 unspecified atom stereocenters. The van der Waals surface area contributed by atoms with Gasteiger partial charge in [-0.1, -0.05) is 11.6 Å². The summed E-state index contributed by atoms with van der Waals surface area (Å²) >= 11 is 5.87. The van der Waals surface area contributed by atoms with E-state index in [1.165, 1.54) is 12.1 Å². The van der Waals surface area contributed by atoms with Gasteiger partial charge in [0.05, 0.1) is 0 Å². The molecule has 0 spiro atoms. The van der Waals surface area contributed by atoms with Crippen LogP contribution in [0.15, 0.2) is 36.4 Å². The van der Waals surface area contributed by atoms with Crippen molar-refractivity contribution in [2.45, 2.75) is 19.4 Å². The number of hydrogen-bond donors (Lipinski definition) is 2. The second-order valence-corrected chi connectivity index (χ2v) is 5.45. The normalized spacial score (nSPS) is 13.5. The van der Waals surface area contributed by atoms with Crippen molar-refractivity contribution in [3.8, 4) is 0 Å². The van der Waals surface area contributed by atoms with Crippen LogP contribution in [0.4, 0.5) is 15.8 Å². The third-order valence-electron chi connectivity index (χ3n) is 3.49. The first-order valence-electron chi connectivity index (χ1n) is 6.72. The molecule has 0 bridgehead atoms. The summed E-state index contributed by atoms with van der Waals surface area (Å²) in [6, 6.07) is 10.2. The molecule has 2 aromatic rings. The Morgan fingerprint density at radius 1 is 1.19 bits per heavy atom. The summed E-state index contributed by atoms with van der Waals surface area (Å²) in [5.41, 5.74) is 3.36. The minimum Gasteiger partial charge on any atom is -0.381 e. The Morgan fingerprint density at radius 3 is 2.90 bits per heavy atom. The second-order valence-electron chi connectivity index (χ2n) is 5.01. The van der Waals surface area contributed by atoms with Crippen LogP contribution in [0.25, 0.3) is 0 Å². The lowest BCUT2D eigenvalue weighted by Crippen LogP contribution is -2.19. The average Bonchev–Trinajstić information content (AvgIpc) is 2.48. The number of fused-ring (bicyclic) bond motifs is 1. The van der Waals surface area contributed by atoms with Gasteiger partial charge in [0.1, 0.15) is 5.82 Å². The van der Waals surface area contributed by atoms with Crippen LogP contribution in [-0.4, -0.2) is 5.91 Å². The van der Waals surface area contributed by atoms with E-state index in [0.717, 1.165) is 23.4 Å². The zero-order valence-electron chi connectivity index (χ0n) is 11.2. The number of nitrogens with one attached hydrogen (secondary N) is 2.